The summed E-state index contributed by atoms with van der Waals surface area (Å²) in [4.78, 5) is 23.0. The molecule has 0 spiro atoms. The van der Waals surface area contributed by atoms with E-state index in [1.165, 1.54) is 19.1 Å². The fourth-order valence-electron chi connectivity index (χ4n) is 0.146. The van der Waals surface area contributed by atoms with Gasteiger partial charge in [-0.15, -0.1) is 0 Å². The van der Waals surface area contributed by atoms with Gasteiger partial charge in [0, 0.05) is 14.1 Å². The van der Waals surface area contributed by atoms with Gasteiger partial charge < -0.3 is 4.90 Å². The minimum atomic E-state index is -0.507. The molecule has 0 aromatic heterocycles. The molecule has 0 radical (unpaired) electrons. The zero-order valence-electron chi connectivity index (χ0n) is 7.03. The maximum atomic E-state index is 10.3. The summed E-state index contributed by atoms with van der Waals surface area (Å²) in [5, 5.41) is 7.07. The largest absolute Gasteiger partial charge is 0.440 e. The highest BCUT2D eigenvalue weighted by Crippen LogP contribution is 1.82. The Balaban J connectivity index is 0. The number of nitrogens with zero attached hydrogens (tertiary/aromatic N) is 1. The van der Waals surface area contributed by atoms with Crippen LogP contribution in [0.3, 0.4) is 0 Å². The second kappa shape index (κ2) is 9.15. The lowest BCUT2D eigenvalue weighted by Crippen LogP contribution is -2.22. The van der Waals surface area contributed by atoms with E-state index in [-0.39, 0.29) is 0 Å². The first kappa shape index (κ1) is 12.8. The van der Waals surface area contributed by atoms with Crippen LogP contribution in [0.5, 0.6) is 0 Å². The van der Waals surface area contributed by atoms with E-state index in [2.05, 4.69) is 14.7 Å². The highest BCUT2D eigenvalue weighted by atomic mass is 17.2. The van der Waals surface area contributed by atoms with E-state index in [1.54, 1.807) is 14.1 Å². The molecule has 0 rings (SSSR count). The van der Waals surface area contributed by atoms with Crippen LogP contribution in [0.15, 0.2) is 0 Å². The topological polar surface area (TPSA) is 68.2 Å². The minimum Gasteiger partial charge on any atom is -0.312 e. The Kier molecular flexibility index (Phi) is 10.6. The van der Waals surface area contributed by atoms with Crippen LogP contribution in [0.2, 0.25) is 0 Å². The van der Waals surface area contributed by atoms with E-state index in [9.17, 15) is 4.79 Å². The smallest absolute Gasteiger partial charge is 0.312 e. The van der Waals surface area contributed by atoms with Gasteiger partial charge in [-0.25, -0.2) is 9.68 Å². The maximum absolute atomic E-state index is 10.3. The van der Waals surface area contributed by atoms with Crippen molar-refractivity contribution in [1.29, 1.82) is 0 Å². The van der Waals surface area contributed by atoms with Crippen LogP contribution in [0.4, 0.5) is 4.79 Å². The lowest BCUT2D eigenvalue weighted by Gasteiger charge is -2.06. The third kappa shape index (κ3) is 12.4. The molecular formula is C5H13NO5. The summed E-state index contributed by atoms with van der Waals surface area (Å²) < 4.78 is 0. The summed E-state index contributed by atoms with van der Waals surface area (Å²) in [5.74, 6) is 0. The first-order valence-corrected chi connectivity index (χ1v) is 2.69. The number of amides is 1. The van der Waals surface area contributed by atoms with Gasteiger partial charge in [0.25, 0.3) is 0 Å². The summed E-state index contributed by atoms with van der Waals surface area (Å²) in [5.41, 5.74) is 0. The Bertz CT molecular complexity index is 94.9. The molecule has 1 N–H and O–H groups in total. The molecule has 0 saturated carbocycles. The molecule has 0 saturated heterocycles. The van der Waals surface area contributed by atoms with Crippen LogP contribution in [-0.4, -0.2) is 44.6 Å². The van der Waals surface area contributed by atoms with Crippen molar-refractivity contribution in [3.05, 3.63) is 0 Å². The SMILES string of the molecule is COO.COOC(=O)N(C)C. The van der Waals surface area contributed by atoms with E-state index in [0.29, 0.717) is 0 Å². The van der Waals surface area contributed by atoms with Crippen molar-refractivity contribution >= 4 is 6.09 Å². The van der Waals surface area contributed by atoms with E-state index in [0.717, 1.165) is 0 Å². The van der Waals surface area contributed by atoms with Gasteiger partial charge in [0.15, 0.2) is 0 Å². The molecular weight excluding hydrogens is 154 g/mol. The van der Waals surface area contributed by atoms with Gasteiger partial charge in [0.2, 0.25) is 0 Å². The summed E-state index contributed by atoms with van der Waals surface area (Å²) in [6.07, 6.45) is -0.507. The molecule has 6 nitrogen and oxygen atoms in total. The zero-order valence-corrected chi connectivity index (χ0v) is 7.03. The molecule has 0 aliphatic carbocycles. The van der Waals surface area contributed by atoms with Crippen LogP contribution in [0, 0.1) is 0 Å². The Hall–Kier alpha value is -0.850. The van der Waals surface area contributed by atoms with E-state index >= 15 is 0 Å². The van der Waals surface area contributed by atoms with Crippen LogP contribution < -0.4 is 0 Å². The Labute approximate surface area is 65.1 Å². The molecule has 6 heteroatoms. The molecule has 0 aliphatic rings. The number of hydrogen-bond donors (Lipinski definition) is 1. The van der Waals surface area contributed by atoms with Gasteiger partial charge in [-0.1, -0.05) is 0 Å². The van der Waals surface area contributed by atoms with Crippen molar-refractivity contribution in [3.63, 3.8) is 0 Å². The van der Waals surface area contributed by atoms with Gasteiger partial charge in [-0.05, 0) is 0 Å². The van der Waals surface area contributed by atoms with Crippen molar-refractivity contribution in [2.75, 3.05) is 28.3 Å². The summed E-state index contributed by atoms with van der Waals surface area (Å²) in [7, 11) is 5.60. The molecule has 11 heavy (non-hydrogen) atoms. The molecule has 0 heterocycles. The average molecular weight is 167 g/mol. The number of carbonyl (C=O) groups excluding carboxylic acids is 1. The van der Waals surface area contributed by atoms with Crippen molar-refractivity contribution < 1.29 is 24.7 Å². The van der Waals surface area contributed by atoms with Crippen molar-refractivity contribution in [1.82, 2.24) is 4.90 Å². The molecule has 0 atom stereocenters. The molecule has 0 fully saturated rings. The number of carbonyl (C=O) groups is 1. The first-order chi connectivity index (χ1) is 5.09. The number of rotatable bonds is 1. The Morgan fingerprint density at radius 2 is 1.73 bits per heavy atom. The van der Waals surface area contributed by atoms with Gasteiger partial charge in [0.1, 0.15) is 0 Å². The second-order valence-corrected chi connectivity index (χ2v) is 1.59. The molecule has 0 aromatic carbocycles. The standard InChI is InChI=1S/C4H9NO3.CH4O2/c1-5(2)4(6)8-7-3;1-3-2/h1-3H3;2H,1H3. The van der Waals surface area contributed by atoms with Crippen LogP contribution in [0.1, 0.15) is 0 Å². The lowest BCUT2D eigenvalue weighted by molar-refractivity contribution is -0.219. The normalized spacial score (nSPS) is 7.73. The predicted octanol–water partition coefficient (Wildman–Crippen LogP) is 0.352. The summed E-state index contributed by atoms with van der Waals surface area (Å²) in [6.45, 7) is 0. The van der Waals surface area contributed by atoms with Gasteiger partial charge in [-0.2, -0.15) is 4.89 Å². The number of hydrogen-bond acceptors (Lipinski definition) is 5. The first-order valence-electron chi connectivity index (χ1n) is 2.69. The van der Waals surface area contributed by atoms with E-state index < -0.39 is 6.09 Å². The maximum Gasteiger partial charge on any atom is 0.440 e. The van der Waals surface area contributed by atoms with E-state index in [4.69, 9.17) is 5.26 Å². The molecule has 68 valence electrons. The third-order valence-corrected chi connectivity index (χ3v) is 0.520. The molecule has 0 unspecified atom stereocenters. The predicted molar refractivity (Wildman–Crippen MR) is 36.8 cm³/mol. The Morgan fingerprint density at radius 1 is 1.36 bits per heavy atom. The van der Waals surface area contributed by atoms with Crippen molar-refractivity contribution in [2.24, 2.45) is 0 Å². The lowest BCUT2D eigenvalue weighted by atomic mass is 10.9. The molecule has 1 amide bonds. The van der Waals surface area contributed by atoms with Crippen molar-refractivity contribution in [3.8, 4) is 0 Å². The van der Waals surface area contributed by atoms with Gasteiger partial charge in [0.05, 0.1) is 14.2 Å². The second-order valence-electron chi connectivity index (χ2n) is 1.59. The minimum absolute atomic E-state index is 0.507. The quantitative estimate of drug-likeness (QED) is 0.451. The Morgan fingerprint density at radius 3 is 1.82 bits per heavy atom. The van der Waals surface area contributed by atoms with Crippen LogP contribution in [-0.2, 0) is 14.7 Å². The fraction of sp³-hybridized carbons (Fsp3) is 0.800. The van der Waals surface area contributed by atoms with Gasteiger partial charge in [-0.3, -0.25) is 10.1 Å². The molecule has 0 bridgehead atoms. The van der Waals surface area contributed by atoms with Gasteiger partial charge >= 0.3 is 6.09 Å². The average Bonchev–Trinajstić information content (AvgIpc) is 1.90. The third-order valence-electron chi connectivity index (χ3n) is 0.520. The van der Waals surface area contributed by atoms with Crippen LogP contribution >= 0.6 is 0 Å². The summed E-state index contributed by atoms with van der Waals surface area (Å²) in [6, 6.07) is 0. The highest BCUT2D eigenvalue weighted by molar-refractivity contribution is 5.65. The molecule has 0 aliphatic heterocycles. The monoisotopic (exact) mass is 167 g/mol. The highest BCUT2D eigenvalue weighted by Gasteiger charge is 2.01. The van der Waals surface area contributed by atoms with E-state index in [1.807, 2.05) is 0 Å². The van der Waals surface area contributed by atoms with Crippen LogP contribution in [0.25, 0.3) is 0 Å². The summed E-state index contributed by atoms with van der Waals surface area (Å²) >= 11 is 0. The van der Waals surface area contributed by atoms with Crippen molar-refractivity contribution in [2.45, 2.75) is 0 Å². The zero-order chi connectivity index (χ0) is 9.28. The fourth-order valence-corrected chi connectivity index (χ4v) is 0.146. The molecule has 0 aromatic rings.